The maximum absolute atomic E-state index is 13.2. The first-order chi connectivity index (χ1) is 6.43. The Morgan fingerprint density at radius 3 is 2.57 bits per heavy atom. The van der Waals surface area contributed by atoms with Crippen molar-refractivity contribution < 1.29 is 14.3 Å². The van der Waals surface area contributed by atoms with Crippen LogP contribution in [0.1, 0.15) is 34.5 Å². The lowest BCUT2D eigenvalue weighted by Gasteiger charge is -2.10. The number of aryl methyl sites for hydroxylation is 1. The molecule has 0 bridgehead atoms. The average Bonchev–Trinajstić information content (AvgIpc) is 2.07. The zero-order valence-corrected chi connectivity index (χ0v) is 8.04. The topological polar surface area (TPSA) is 63.3 Å². The van der Waals surface area contributed by atoms with Crippen LogP contribution in [0.15, 0.2) is 12.1 Å². The molecule has 0 aromatic heterocycles. The summed E-state index contributed by atoms with van der Waals surface area (Å²) in [6.07, 6.45) is 0. The molecule has 3 nitrogen and oxygen atoms in total. The Balaban J connectivity index is 3.31. The number of hydrogen-bond donors (Lipinski definition) is 2. The molecule has 0 radical (unpaired) electrons. The van der Waals surface area contributed by atoms with Gasteiger partial charge >= 0.3 is 5.97 Å². The van der Waals surface area contributed by atoms with Crippen molar-refractivity contribution in [2.75, 3.05) is 0 Å². The van der Waals surface area contributed by atoms with Gasteiger partial charge in [-0.05, 0) is 37.1 Å². The fourth-order valence-corrected chi connectivity index (χ4v) is 1.35. The lowest BCUT2D eigenvalue weighted by molar-refractivity contribution is 0.0691. The molecule has 1 atom stereocenters. The molecular weight excluding hydrogens is 185 g/mol. The lowest BCUT2D eigenvalue weighted by atomic mass is 10.00. The number of carboxylic acids is 1. The quantitative estimate of drug-likeness (QED) is 0.760. The molecule has 4 heteroatoms. The molecule has 0 aliphatic heterocycles. The van der Waals surface area contributed by atoms with Gasteiger partial charge in [0.25, 0.3) is 0 Å². The van der Waals surface area contributed by atoms with Crippen LogP contribution in [0.25, 0.3) is 0 Å². The highest BCUT2D eigenvalue weighted by Gasteiger charge is 2.14. The molecule has 0 spiro atoms. The van der Waals surface area contributed by atoms with Crippen LogP contribution in [-0.4, -0.2) is 11.1 Å². The van der Waals surface area contributed by atoms with E-state index in [9.17, 15) is 9.18 Å². The van der Waals surface area contributed by atoms with Crippen molar-refractivity contribution in [1.29, 1.82) is 0 Å². The van der Waals surface area contributed by atoms with Gasteiger partial charge in [0.2, 0.25) is 0 Å². The summed E-state index contributed by atoms with van der Waals surface area (Å²) in [4.78, 5) is 10.6. The molecule has 0 saturated carbocycles. The van der Waals surface area contributed by atoms with Crippen LogP contribution in [0, 0.1) is 12.7 Å². The molecule has 0 amide bonds. The Morgan fingerprint density at radius 2 is 2.14 bits per heavy atom. The third-order valence-electron chi connectivity index (χ3n) is 2.08. The summed E-state index contributed by atoms with van der Waals surface area (Å²) in [5.74, 6) is -2.00. The molecule has 0 saturated heterocycles. The van der Waals surface area contributed by atoms with E-state index in [-0.39, 0.29) is 11.6 Å². The molecule has 1 rings (SSSR count). The lowest BCUT2D eigenvalue weighted by Crippen LogP contribution is -2.10. The first-order valence-electron chi connectivity index (χ1n) is 4.22. The third kappa shape index (κ3) is 1.90. The Labute approximate surface area is 81.4 Å². The molecular formula is C10H12FNO2. The summed E-state index contributed by atoms with van der Waals surface area (Å²) in [5, 5.41) is 8.65. The van der Waals surface area contributed by atoms with Crippen LogP contribution in [0.5, 0.6) is 0 Å². The molecule has 0 unspecified atom stereocenters. The van der Waals surface area contributed by atoms with Gasteiger partial charge in [0.15, 0.2) is 0 Å². The molecule has 0 aliphatic rings. The van der Waals surface area contributed by atoms with Crippen molar-refractivity contribution in [2.45, 2.75) is 19.9 Å². The predicted molar refractivity (Wildman–Crippen MR) is 50.7 cm³/mol. The summed E-state index contributed by atoms with van der Waals surface area (Å²) >= 11 is 0. The standard InChI is InChI=1S/C10H12FNO2/c1-5-3-8(10(13)14)9(11)4-7(5)6(2)12/h3-4,6H,12H2,1-2H3,(H,13,14)/t6-/m1/s1. The number of halogens is 1. The van der Waals surface area contributed by atoms with Gasteiger partial charge in [0.1, 0.15) is 5.82 Å². The van der Waals surface area contributed by atoms with Gasteiger partial charge in [-0.25, -0.2) is 9.18 Å². The fraction of sp³-hybridized carbons (Fsp3) is 0.300. The number of hydrogen-bond acceptors (Lipinski definition) is 2. The van der Waals surface area contributed by atoms with E-state index >= 15 is 0 Å². The molecule has 76 valence electrons. The second kappa shape index (κ2) is 3.75. The monoisotopic (exact) mass is 197 g/mol. The van der Waals surface area contributed by atoms with E-state index in [1.165, 1.54) is 12.1 Å². The van der Waals surface area contributed by atoms with Gasteiger partial charge in [-0.15, -0.1) is 0 Å². The van der Waals surface area contributed by atoms with E-state index in [0.29, 0.717) is 11.1 Å². The van der Waals surface area contributed by atoms with E-state index in [0.717, 1.165) is 0 Å². The molecule has 0 heterocycles. The SMILES string of the molecule is Cc1cc(C(=O)O)c(F)cc1[C@@H](C)N. The number of rotatable bonds is 2. The van der Waals surface area contributed by atoms with Crippen LogP contribution in [0.2, 0.25) is 0 Å². The minimum atomic E-state index is -1.26. The Hall–Kier alpha value is -1.42. The van der Waals surface area contributed by atoms with Crippen molar-refractivity contribution in [3.05, 3.63) is 34.6 Å². The van der Waals surface area contributed by atoms with Crippen LogP contribution in [-0.2, 0) is 0 Å². The highest BCUT2D eigenvalue weighted by atomic mass is 19.1. The van der Waals surface area contributed by atoms with E-state index in [1.54, 1.807) is 13.8 Å². The van der Waals surface area contributed by atoms with Crippen LogP contribution in [0.4, 0.5) is 4.39 Å². The highest BCUT2D eigenvalue weighted by molar-refractivity contribution is 5.88. The predicted octanol–water partition coefficient (Wildman–Crippen LogP) is 1.85. The van der Waals surface area contributed by atoms with E-state index in [4.69, 9.17) is 10.8 Å². The minimum Gasteiger partial charge on any atom is -0.478 e. The second-order valence-corrected chi connectivity index (χ2v) is 3.28. The largest absolute Gasteiger partial charge is 0.478 e. The molecule has 3 N–H and O–H groups in total. The summed E-state index contributed by atoms with van der Waals surface area (Å²) in [6.45, 7) is 3.44. The molecule has 14 heavy (non-hydrogen) atoms. The number of aromatic carboxylic acids is 1. The summed E-state index contributed by atoms with van der Waals surface area (Å²) in [6, 6.07) is 2.19. The van der Waals surface area contributed by atoms with Gasteiger partial charge < -0.3 is 10.8 Å². The smallest absolute Gasteiger partial charge is 0.338 e. The number of benzene rings is 1. The first-order valence-corrected chi connectivity index (χ1v) is 4.22. The first kappa shape index (κ1) is 10.7. The van der Waals surface area contributed by atoms with E-state index in [1.807, 2.05) is 0 Å². The summed E-state index contributed by atoms with van der Waals surface area (Å²) in [7, 11) is 0. The normalized spacial score (nSPS) is 12.6. The van der Waals surface area contributed by atoms with Crippen molar-refractivity contribution in [3.63, 3.8) is 0 Å². The Bertz CT molecular complexity index is 375. The number of nitrogens with two attached hydrogens (primary N) is 1. The van der Waals surface area contributed by atoms with Crippen LogP contribution < -0.4 is 5.73 Å². The highest BCUT2D eigenvalue weighted by Crippen LogP contribution is 2.19. The summed E-state index contributed by atoms with van der Waals surface area (Å²) < 4.78 is 13.2. The average molecular weight is 197 g/mol. The zero-order chi connectivity index (χ0) is 10.9. The Morgan fingerprint density at radius 1 is 1.57 bits per heavy atom. The maximum Gasteiger partial charge on any atom is 0.338 e. The van der Waals surface area contributed by atoms with E-state index in [2.05, 4.69) is 0 Å². The van der Waals surface area contributed by atoms with Gasteiger partial charge in [-0.2, -0.15) is 0 Å². The van der Waals surface area contributed by atoms with Crippen molar-refractivity contribution >= 4 is 5.97 Å². The van der Waals surface area contributed by atoms with Crippen molar-refractivity contribution in [2.24, 2.45) is 5.73 Å². The Kier molecular flexibility index (Phi) is 2.86. The fourth-order valence-electron chi connectivity index (χ4n) is 1.35. The van der Waals surface area contributed by atoms with Gasteiger partial charge in [0.05, 0.1) is 5.56 Å². The second-order valence-electron chi connectivity index (χ2n) is 3.28. The number of carbonyl (C=O) groups is 1. The molecule has 1 aromatic carbocycles. The van der Waals surface area contributed by atoms with Gasteiger partial charge in [-0.3, -0.25) is 0 Å². The van der Waals surface area contributed by atoms with E-state index < -0.39 is 11.8 Å². The van der Waals surface area contributed by atoms with Crippen molar-refractivity contribution in [3.8, 4) is 0 Å². The van der Waals surface area contributed by atoms with Crippen LogP contribution >= 0.6 is 0 Å². The maximum atomic E-state index is 13.2. The zero-order valence-electron chi connectivity index (χ0n) is 8.04. The number of carboxylic acid groups (broad SMARTS) is 1. The molecule has 0 aliphatic carbocycles. The third-order valence-corrected chi connectivity index (χ3v) is 2.08. The van der Waals surface area contributed by atoms with Crippen LogP contribution in [0.3, 0.4) is 0 Å². The molecule has 0 fully saturated rings. The molecule has 1 aromatic rings. The van der Waals surface area contributed by atoms with Gasteiger partial charge in [0, 0.05) is 6.04 Å². The minimum absolute atomic E-state index is 0.299. The van der Waals surface area contributed by atoms with Crippen molar-refractivity contribution in [1.82, 2.24) is 0 Å². The van der Waals surface area contributed by atoms with Gasteiger partial charge in [-0.1, -0.05) is 0 Å². The summed E-state index contributed by atoms with van der Waals surface area (Å²) in [5.41, 5.74) is 6.61.